The van der Waals surface area contributed by atoms with Crippen LogP contribution >= 0.6 is 0 Å². The number of fused-ring (bicyclic) bond motifs is 1. The Bertz CT molecular complexity index is 1120. The van der Waals surface area contributed by atoms with E-state index in [0.29, 0.717) is 18.8 Å². The Kier molecular flexibility index (Phi) is 4.64. The zero-order valence-electron chi connectivity index (χ0n) is 15.7. The number of rotatable bonds is 5. The summed E-state index contributed by atoms with van der Waals surface area (Å²) in [5, 5.41) is 5.17. The van der Waals surface area contributed by atoms with Crippen molar-refractivity contribution >= 4 is 26.8 Å². The van der Waals surface area contributed by atoms with Gasteiger partial charge in [0, 0.05) is 44.5 Å². The lowest BCUT2D eigenvalue weighted by atomic mass is 10.1. The summed E-state index contributed by atoms with van der Waals surface area (Å²) in [6, 6.07) is 10.9. The molecule has 1 aliphatic rings. The first-order valence-electron chi connectivity index (χ1n) is 8.91. The van der Waals surface area contributed by atoms with Crippen molar-refractivity contribution in [3.8, 4) is 0 Å². The lowest BCUT2D eigenvalue weighted by Gasteiger charge is -2.44. The lowest BCUT2D eigenvalue weighted by molar-refractivity contribution is 0.0439. The minimum atomic E-state index is -3.41. The normalized spacial score (nSPS) is 15.2. The summed E-state index contributed by atoms with van der Waals surface area (Å²) >= 11 is 0. The summed E-state index contributed by atoms with van der Waals surface area (Å²) in [4.78, 5) is 18.5. The van der Waals surface area contributed by atoms with Gasteiger partial charge in [-0.25, -0.2) is 8.42 Å². The first-order chi connectivity index (χ1) is 13.3. The van der Waals surface area contributed by atoms with Crippen LogP contribution in [0.4, 0.5) is 0 Å². The standard InChI is InChI=1S/C19H21N5O3S/c1-22-17-6-4-3-5-16(17)18(21-22)19(25)23-12-15(13-23)24(28(2,26)27)11-14-7-9-20-10-8-14/h3-10,15H,11-13H2,1-2H3. The zero-order valence-corrected chi connectivity index (χ0v) is 16.5. The number of sulfonamides is 1. The fourth-order valence-corrected chi connectivity index (χ4v) is 4.57. The smallest absolute Gasteiger partial charge is 0.275 e. The van der Waals surface area contributed by atoms with Gasteiger partial charge in [-0.05, 0) is 23.8 Å². The number of amides is 1. The van der Waals surface area contributed by atoms with Crippen LogP contribution in [0.3, 0.4) is 0 Å². The van der Waals surface area contributed by atoms with Crippen LogP contribution in [0, 0.1) is 0 Å². The van der Waals surface area contributed by atoms with Gasteiger partial charge in [0.2, 0.25) is 10.0 Å². The van der Waals surface area contributed by atoms with Crippen molar-refractivity contribution in [2.24, 2.45) is 7.05 Å². The van der Waals surface area contributed by atoms with Crippen LogP contribution in [0.2, 0.25) is 0 Å². The molecule has 0 unspecified atom stereocenters. The van der Waals surface area contributed by atoms with Gasteiger partial charge >= 0.3 is 0 Å². The molecule has 1 aromatic carbocycles. The number of carbonyl (C=O) groups is 1. The van der Waals surface area contributed by atoms with E-state index in [2.05, 4.69) is 10.1 Å². The van der Waals surface area contributed by atoms with Gasteiger partial charge in [-0.2, -0.15) is 9.40 Å². The van der Waals surface area contributed by atoms with E-state index in [0.717, 1.165) is 16.5 Å². The topological polar surface area (TPSA) is 88.4 Å². The Hall–Kier alpha value is -2.78. The number of aromatic nitrogens is 3. The van der Waals surface area contributed by atoms with E-state index < -0.39 is 10.0 Å². The molecule has 4 rings (SSSR count). The fraction of sp³-hybridized carbons (Fsp3) is 0.316. The second-order valence-electron chi connectivity index (χ2n) is 7.02. The number of aryl methyl sites for hydroxylation is 1. The molecule has 0 saturated carbocycles. The predicted octanol–water partition coefficient (Wildman–Crippen LogP) is 1.25. The summed E-state index contributed by atoms with van der Waals surface area (Å²) in [7, 11) is -1.61. The van der Waals surface area contributed by atoms with Crippen LogP contribution in [0.25, 0.3) is 10.9 Å². The van der Waals surface area contributed by atoms with Crippen molar-refractivity contribution in [1.29, 1.82) is 0 Å². The highest BCUT2D eigenvalue weighted by molar-refractivity contribution is 7.88. The number of carbonyl (C=O) groups excluding carboxylic acids is 1. The number of para-hydroxylation sites is 1. The number of likely N-dealkylation sites (tertiary alicyclic amines) is 1. The third kappa shape index (κ3) is 3.38. The molecule has 28 heavy (non-hydrogen) atoms. The van der Waals surface area contributed by atoms with E-state index in [1.165, 1.54) is 10.6 Å². The molecule has 1 amide bonds. The molecular formula is C19H21N5O3S. The van der Waals surface area contributed by atoms with Gasteiger partial charge in [-0.1, -0.05) is 18.2 Å². The second kappa shape index (κ2) is 6.99. The Morgan fingerprint density at radius 3 is 2.54 bits per heavy atom. The van der Waals surface area contributed by atoms with E-state index in [1.807, 2.05) is 24.3 Å². The van der Waals surface area contributed by atoms with E-state index in [9.17, 15) is 13.2 Å². The second-order valence-corrected chi connectivity index (χ2v) is 8.95. The molecule has 1 fully saturated rings. The third-order valence-electron chi connectivity index (χ3n) is 5.03. The number of pyridine rings is 1. The molecular weight excluding hydrogens is 378 g/mol. The zero-order chi connectivity index (χ0) is 19.9. The highest BCUT2D eigenvalue weighted by atomic mass is 32.2. The monoisotopic (exact) mass is 399 g/mol. The van der Waals surface area contributed by atoms with Crippen LogP contribution in [0.15, 0.2) is 48.8 Å². The van der Waals surface area contributed by atoms with Gasteiger partial charge < -0.3 is 4.90 Å². The molecule has 9 heteroatoms. The molecule has 3 aromatic rings. The Balaban J connectivity index is 1.51. The quantitative estimate of drug-likeness (QED) is 0.644. The van der Waals surface area contributed by atoms with Gasteiger partial charge in [0.1, 0.15) is 0 Å². The average molecular weight is 399 g/mol. The maximum Gasteiger partial charge on any atom is 0.275 e. The number of hydrogen-bond acceptors (Lipinski definition) is 5. The molecule has 0 spiro atoms. The molecule has 1 aliphatic heterocycles. The molecule has 2 aromatic heterocycles. The van der Waals surface area contributed by atoms with Crippen LogP contribution in [0.5, 0.6) is 0 Å². The van der Waals surface area contributed by atoms with Gasteiger partial charge in [0.05, 0.1) is 17.8 Å². The van der Waals surface area contributed by atoms with E-state index in [-0.39, 0.29) is 18.5 Å². The van der Waals surface area contributed by atoms with Crippen molar-refractivity contribution in [3.63, 3.8) is 0 Å². The van der Waals surface area contributed by atoms with E-state index >= 15 is 0 Å². The number of nitrogens with zero attached hydrogens (tertiary/aromatic N) is 5. The van der Waals surface area contributed by atoms with E-state index in [4.69, 9.17) is 0 Å². The van der Waals surface area contributed by atoms with Crippen molar-refractivity contribution in [2.75, 3.05) is 19.3 Å². The van der Waals surface area contributed by atoms with Crippen molar-refractivity contribution in [1.82, 2.24) is 24.0 Å². The van der Waals surface area contributed by atoms with Crippen LogP contribution in [-0.2, 0) is 23.6 Å². The Morgan fingerprint density at radius 1 is 1.18 bits per heavy atom. The van der Waals surface area contributed by atoms with Gasteiger partial charge in [0.15, 0.2) is 5.69 Å². The maximum atomic E-state index is 12.9. The van der Waals surface area contributed by atoms with E-state index in [1.54, 1.807) is 41.2 Å². The summed E-state index contributed by atoms with van der Waals surface area (Å²) in [5.74, 6) is -0.176. The maximum absolute atomic E-state index is 12.9. The van der Waals surface area contributed by atoms with Gasteiger partial charge in [-0.3, -0.25) is 14.5 Å². The minimum Gasteiger partial charge on any atom is -0.334 e. The fourth-order valence-electron chi connectivity index (χ4n) is 3.51. The van der Waals surface area contributed by atoms with Crippen LogP contribution < -0.4 is 0 Å². The summed E-state index contributed by atoms with van der Waals surface area (Å²) in [5.41, 5.74) is 2.15. The van der Waals surface area contributed by atoms with Crippen LogP contribution in [-0.4, -0.2) is 63.7 Å². The molecule has 1 saturated heterocycles. The SMILES string of the molecule is Cn1nc(C(=O)N2CC(N(Cc3ccncc3)S(C)(=O)=O)C2)c2ccccc21. The molecule has 0 radical (unpaired) electrons. The largest absolute Gasteiger partial charge is 0.334 e. The first kappa shape index (κ1) is 18.6. The summed E-state index contributed by atoms with van der Waals surface area (Å²) in [6.45, 7) is 0.963. The lowest BCUT2D eigenvalue weighted by Crippen LogP contribution is -2.61. The minimum absolute atomic E-state index is 0.176. The highest BCUT2D eigenvalue weighted by Crippen LogP contribution is 2.25. The molecule has 8 nitrogen and oxygen atoms in total. The molecule has 146 valence electrons. The number of hydrogen-bond donors (Lipinski definition) is 0. The number of benzene rings is 1. The molecule has 0 N–H and O–H groups in total. The van der Waals surface area contributed by atoms with Crippen molar-refractivity contribution < 1.29 is 13.2 Å². The van der Waals surface area contributed by atoms with Crippen molar-refractivity contribution in [2.45, 2.75) is 12.6 Å². The molecule has 0 atom stereocenters. The van der Waals surface area contributed by atoms with Crippen LogP contribution in [0.1, 0.15) is 16.1 Å². The summed E-state index contributed by atoms with van der Waals surface area (Å²) < 4.78 is 27.7. The highest BCUT2D eigenvalue weighted by Gasteiger charge is 2.40. The summed E-state index contributed by atoms with van der Waals surface area (Å²) in [6.07, 6.45) is 4.47. The first-order valence-corrected chi connectivity index (χ1v) is 10.8. The molecule has 0 aliphatic carbocycles. The van der Waals surface area contributed by atoms with Crippen molar-refractivity contribution in [3.05, 3.63) is 60.0 Å². The Labute approximate surface area is 163 Å². The Morgan fingerprint density at radius 2 is 1.86 bits per heavy atom. The van der Waals surface area contributed by atoms with Gasteiger partial charge in [0.25, 0.3) is 5.91 Å². The molecule has 0 bridgehead atoms. The molecule has 3 heterocycles. The third-order valence-corrected chi connectivity index (χ3v) is 6.31. The van der Waals surface area contributed by atoms with Gasteiger partial charge in [-0.15, -0.1) is 0 Å². The predicted molar refractivity (Wildman–Crippen MR) is 105 cm³/mol. The average Bonchev–Trinajstić information content (AvgIpc) is 2.97.